The van der Waals surface area contributed by atoms with E-state index in [-0.39, 0.29) is 11.4 Å². The maximum Gasteiger partial charge on any atom is 0.340 e. The number of phenols is 1. The molecule has 2 atom stereocenters. The van der Waals surface area contributed by atoms with Gasteiger partial charge < -0.3 is 14.4 Å². The standard InChI is InChI=1S/C24H27NO3/c1-16-7-6-12-25(14-16)15-21-22(26)11-10-19-17(2)20(24(27)28-23(19)21)13-18-8-4-3-5-9-18/h3-5,8-11,16,26H,6-7,12-15H2,1-2H3/p+1/t16-/m1/s1. The molecule has 0 amide bonds. The summed E-state index contributed by atoms with van der Waals surface area (Å²) in [6, 6.07) is 13.6. The van der Waals surface area contributed by atoms with Crippen molar-refractivity contribution < 1.29 is 14.4 Å². The lowest BCUT2D eigenvalue weighted by atomic mass is 9.97. The second-order valence-electron chi connectivity index (χ2n) is 8.22. The zero-order chi connectivity index (χ0) is 19.7. The van der Waals surface area contributed by atoms with Crippen LogP contribution in [-0.2, 0) is 13.0 Å². The molecule has 1 unspecified atom stereocenters. The highest BCUT2D eigenvalue weighted by Crippen LogP contribution is 2.29. The molecule has 0 saturated carbocycles. The number of piperidine rings is 1. The number of rotatable bonds is 4. The summed E-state index contributed by atoms with van der Waals surface area (Å²) >= 11 is 0. The molecule has 2 aromatic carbocycles. The summed E-state index contributed by atoms with van der Waals surface area (Å²) in [5.74, 6) is 0.906. The smallest absolute Gasteiger partial charge is 0.340 e. The van der Waals surface area contributed by atoms with E-state index in [1.165, 1.54) is 17.7 Å². The molecule has 0 aliphatic carbocycles. The Labute approximate surface area is 165 Å². The molecule has 4 nitrogen and oxygen atoms in total. The van der Waals surface area contributed by atoms with Gasteiger partial charge in [0.1, 0.15) is 12.3 Å². The van der Waals surface area contributed by atoms with Crippen molar-refractivity contribution in [3.63, 3.8) is 0 Å². The first-order valence-corrected chi connectivity index (χ1v) is 10.2. The number of hydrogen-bond acceptors (Lipinski definition) is 3. The van der Waals surface area contributed by atoms with Gasteiger partial charge in [-0.25, -0.2) is 4.79 Å². The summed E-state index contributed by atoms with van der Waals surface area (Å²) in [4.78, 5) is 14.3. The first kappa shape index (κ1) is 18.8. The second-order valence-corrected chi connectivity index (χ2v) is 8.22. The van der Waals surface area contributed by atoms with Gasteiger partial charge in [-0.05, 0) is 43.0 Å². The summed E-state index contributed by atoms with van der Waals surface area (Å²) in [5, 5.41) is 11.4. The van der Waals surface area contributed by atoms with E-state index in [2.05, 4.69) is 6.92 Å². The predicted octanol–water partition coefficient (Wildman–Crippen LogP) is 3.21. The number of phenolic OH excluding ortho intramolecular Hbond substituents is 1. The average molecular weight is 378 g/mol. The predicted molar refractivity (Wildman–Crippen MR) is 111 cm³/mol. The first-order valence-electron chi connectivity index (χ1n) is 10.2. The number of aryl methyl sites for hydroxylation is 1. The fraction of sp³-hybridized carbons (Fsp3) is 0.375. The largest absolute Gasteiger partial charge is 0.507 e. The molecule has 4 heteroatoms. The minimum absolute atomic E-state index is 0.219. The minimum atomic E-state index is -0.303. The van der Waals surface area contributed by atoms with Crippen molar-refractivity contribution in [3.8, 4) is 5.75 Å². The third-order valence-electron chi connectivity index (χ3n) is 6.05. The molecular weight excluding hydrogens is 350 g/mol. The Morgan fingerprint density at radius 3 is 2.68 bits per heavy atom. The molecule has 0 spiro atoms. The first-order chi connectivity index (χ1) is 13.5. The lowest BCUT2D eigenvalue weighted by molar-refractivity contribution is -0.922. The van der Waals surface area contributed by atoms with Crippen LogP contribution in [-0.4, -0.2) is 18.2 Å². The Balaban J connectivity index is 1.75. The van der Waals surface area contributed by atoms with Crippen LogP contribution in [0, 0.1) is 12.8 Å². The fourth-order valence-electron chi connectivity index (χ4n) is 4.48. The van der Waals surface area contributed by atoms with Crippen LogP contribution < -0.4 is 10.5 Å². The van der Waals surface area contributed by atoms with E-state index >= 15 is 0 Å². The molecule has 2 heterocycles. The quantitative estimate of drug-likeness (QED) is 0.686. The molecular formula is C24H28NO3+. The molecule has 1 aromatic heterocycles. The van der Waals surface area contributed by atoms with Crippen LogP contribution in [0.3, 0.4) is 0 Å². The Bertz CT molecular complexity index is 1040. The highest BCUT2D eigenvalue weighted by atomic mass is 16.4. The van der Waals surface area contributed by atoms with Crippen LogP contribution in [0.1, 0.15) is 42.0 Å². The number of aromatic hydroxyl groups is 1. The molecule has 1 aliphatic rings. The molecule has 2 N–H and O–H groups in total. The van der Waals surface area contributed by atoms with Crippen molar-refractivity contribution in [1.29, 1.82) is 0 Å². The number of benzene rings is 2. The molecule has 28 heavy (non-hydrogen) atoms. The summed E-state index contributed by atoms with van der Waals surface area (Å²) < 4.78 is 5.80. The van der Waals surface area contributed by atoms with Gasteiger partial charge >= 0.3 is 5.63 Å². The van der Waals surface area contributed by atoms with Crippen molar-refractivity contribution in [1.82, 2.24) is 0 Å². The molecule has 146 valence electrons. The van der Waals surface area contributed by atoms with E-state index in [9.17, 15) is 9.90 Å². The molecule has 3 aromatic rings. The van der Waals surface area contributed by atoms with Crippen molar-refractivity contribution in [2.24, 2.45) is 5.92 Å². The number of quaternary nitrogens is 1. The van der Waals surface area contributed by atoms with E-state index in [1.807, 2.05) is 43.3 Å². The second kappa shape index (κ2) is 7.80. The lowest BCUT2D eigenvalue weighted by Gasteiger charge is -2.28. The van der Waals surface area contributed by atoms with E-state index in [1.54, 1.807) is 6.07 Å². The van der Waals surface area contributed by atoms with E-state index in [0.29, 0.717) is 30.0 Å². The van der Waals surface area contributed by atoms with Crippen LogP contribution >= 0.6 is 0 Å². The SMILES string of the molecule is Cc1c(Cc2ccccc2)c(=O)oc2c(C[NH+]3CCC[C@@H](C)C3)c(O)ccc12. The fourth-order valence-corrected chi connectivity index (χ4v) is 4.48. The normalized spacial score (nSPS) is 19.8. The number of nitrogens with one attached hydrogen (secondary N) is 1. The van der Waals surface area contributed by atoms with Crippen molar-refractivity contribution in [3.05, 3.63) is 75.1 Å². The van der Waals surface area contributed by atoms with Gasteiger partial charge in [0.2, 0.25) is 0 Å². The molecule has 0 radical (unpaired) electrons. The molecule has 0 bridgehead atoms. The maximum atomic E-state index is 12.8. The average Bonchev–Trinajstić information content (AvgIpc) is 2.68. The van der Waals surface area contributed by atoms with Gasteiger partial charge in [0.15, 0.2) is 5.58 Å². The Hall–Kier alpha value is -2.59. The Morgan fingerprint density at radius 1 is 1.14 bits per heavy atom. The third kappa shape index (κ3) is 3.69. The van der Waals surface area contributed by atoms with Crippen molar-refractivity contribution >= 4 is 11.0 Å². The summed E-state index contributed by atoms with van der Waals surface area (Å²) in [6.45, 7) is 7.13. The molecule has 4 rings (SSSR count). The van der Waals surface area contributed by atoms with E-state index in [4.69, 9.17) is 4.42 Å². The summed E-state index contributed by atoms with van der Waals surface area (Å²) in [7, 11) is 0. The summed E-state index contributed by atoms with van der Waals surface area (Å²) in [5.41, 5.74) is 3.72. The zero-order valence-corrected chi connectivity index (χ0v) is 16.6. The lowest BCUT2D eigenvalue weighted by Crippen LogP contribution is -3.12. The zero-order valence-electron chi connectivity index (χ0n) is 16.6. The minimum Gasteiger partial charge on any atom is -0.507 e. The van der Waals surface area contributed by atoms with Crippen molar-refractivity contribution in [2.75, 3.05) is 13.1 Å². The van der Waals surface area contributed by atoms with Gasteiger partial charge in [-0.2, -0.15) is 0 Å². The van der Waals surface area contributed by atoms with Gasteiger partial charge in [0.05, 0.1) is 18.7 Å². The van der Waals surface area contributed by atoms with Gasteiger partial charge in [-0.3, -0.25) is 0 Å². The number of hydrogen-bond donors (Lipinski definition) is 2. The monoisotopic (exact) mass is 378 g/mol. The number of likely N-dealkylation sites (tertiary alicyclic amines) is 1. The van der Waals surface area contributed by atoms with Crippen LogP contribution in [0.5, 0.6) is 5.75 Å². The van der Waals surface area contributed by atoms with Crippen LogP contribution in [0.25, 0.3) is 11.0 Å². The highest BCUT2D eigenvalue weighted by Gasteiger charge is 2.24. The maximum absolute atomic E-state index is 12.8. The molecule has 1 aliphatic heterocycles. The molecule has 1 saturated heterocycles. The van der Waals surface area contributed by atoms with Gasteiger partial charge in [0, 0.05) is 23.3 Å². The van der Waals surface area contributed by atoms with Gasteiger partial charge in [0.25, 0.3) is 0 Å². The van der Waals surface area contributed by atoms with Crippen LogP contribution in [0.4, 0.5) is 0 Å². The van der Waals surface area contributed by atoms with Crippen molar-refractivity contribution in [2.45, 2.75) is 39.7 Å². The highest BCUT2D eigenvalue weighted by molar-refractivity contribution is 5.85. The van der Waals surface area contributed by atoms with Gasteiger partial charge in [-0.15, -0.1) is 0 Å². The Morgan fingerprint density at radius 2 is 1.93 bits per heavy atom. The molecule has 1 fully saturated rings. The third-order valence-corrected chi connectivity index (χ3v) is 6.05. The Kier molecular flexibility index (Phi) is 5.23. The van der Waals surface area contributed by atoms with Gasteiger partial charge in [-0.1, -0.05) is 37.3 Å². The van der Waals surface area contributed by atoms with E-state index < -0.39 is 0 Å². The number of fused-ring (bicyclic) bond motifs is 1. The van der Waals surface area contributed by atoms with E-state index in [0.717, 1.165) is 35.2 Å². The van der Waals surface area contributed by atoms with Crippen LogP contribution in [0.15, 0.2) is 51.7 Å². The topological polar surface area (TPSA) is 54.9 Å². The summed E-state index contributed by atoms with van der Waals surface area (Å²) in [6.07, 6.45) is 3.02. The van der Waals surface area contributed by atoms with Crippen LogP contribution in [0.2, 0.25) is 0 Å².